The number of anilines is 1. The van der Waals surface area contributed by atoms with E-state index in [1.54, 1.807) is 6.07 Å². The summed E-state index contributed by atoms with van der Waals surface area (Å²) < 4.78 is 5.75. The van der Waals surface area contributed by atoms with Gasteiger partial charge in [-0.15, -0.1) is 0 Å². The van der Waals surface area contributed by atoms with Gasteiger partial charge in [0.25, 0.3) is 0 Å². The van der Waals surface area contributed by atoms with Crippen LogP contribution in [0.4, 0.5) is 5.82 Å². The zero-order chi connectivity index (χ0) is 12.5. The fraction of sp³-hybridized carbons (Fsp3) is 0.538. The molecule has 1 aromatic heterocycles. The molecule has 1 aliphatic carbocycles. The monoisotopic (exact) mass is 248 g/mol. The first kappa shape index (κ1) is 11.5. The lowest BCUT2D eigenvalue weighted by molar-refractivity contribution is 0.0253. The van der Waals surface area contributed by atoms with Gasteiger partial charge in [-0.1, -0.05) is 6.07 Å². The number of rotatable bonds is 2. The lowest BCUT2D eigenvalue weighted by Gasteiger charge is -2.38. The van der Waals surface area contributed by atoms with E-state index in [1.165, 1.54) is 12.5 Å². The number of nitrogens with zero attached hydrogens (tertiary/aromatic N) is 2. The van der Waals surface area contributed by atoms with Crippen molar-refractivity contribution in [2.24, 2.45) is 0 Å². The average molecular weight is 248 g/mol. The Balaban J connectivity index is 1.89. The highest BCUT2D eigenvalue weighted by atomic mass is 16.5. The molecule has 0 spiro atoms. The molecule has 2 fully saturated rings. The fourth-order valence-corrected chi connectivity index (χ4v) is 2.91. The maximum absolute atomic E-state index is 11.0. The molecule has 0 bridgehead atoms. The number of aromatic carboxylic acids is 1. The second kappa shape index (κ2) is 4.57. The molecule has 1 aromatic rings. The predicted molar refractivity (Wildman–Crippen MR) is 65.9 cm³/mol. The van der Waals surface area contributed by atoms with Crippen LogP contribution >= 0.6 is 0 Å². The largest absolute Gasteiger partial charge is 0.477 e. The number of hydrogen-bond donors (Lipinski definition) is 1. The second-order valence-corrected chi connectivity index (χ2v) is 4.79. The second-order valence-electron chi connectivity index (χ2n) is 4.79. The van der Waals surface area contributed by atoms with E-state index in [-0.39, 0.29) is 11.8 Å². The van der Waals surface area contributed by atoms with Crippen LogP contribution in [0.25, 0.3) is 0 Å². The van der Waals surface area contributed by atoms with Crippen LogP contribution in [0.2, 0.25) is 0 Å². The van der Waals surface area contributed by atoms with Gasteiger partial charge in [-0.2, -0.15) is 0 Å². The molecule has 2 unspecified atom stereocenters. The summed E-state index contributed by atoms with van der Waals surface area (Å²) in [6.45, 7) is 1.48. The molecule has 0 amide bonds. The van der Waals surface area contributed by atoms with Crippen LogP contribution in [0.15, 0.2) is 18.2 Å². The molecular weight excluding hydrogens is 232 g/mol. The Morgan fingerprint density at radius 2 is 2.33 bits per heavy atom. The van der Waals surface area contributed by atoms with Crippen LogP contribution in [0, 0.1) is 0 Å². The standard InChI is InChI=1S/C13H16N2O3/c16-13(17)9-3-1-6-12(14-9)15-7-8-18-11-5-2-4-10(11)15/h1,3,6,10-11H,2,4-5,7-8H2,(H,16,17). The van der Waals surface area contributed by atoms with Gasteiger partial charge in [0.05, 0.1) is 18.8 Å². The highest BCUT2D eigenvalue weighted by molar-refractivity contribution is 5.85. The summed E-state index contributed by atoms with van der Waals surface area (Å²) in [5, 5.41) is 8.99. The highest BCUT2D eigenvalue weighted by Gasteiger charge is 2.36. The van der Waals surface area contributed by atoms with Crippen LogP contribution in [-0.4, -0.2) is 41.4 Å². The van der Waals surface area contributed by atoms with Crippen LogP contribution in [0.3, 0.4) is 0 Å². The number of fused-ring (bicyclic) bond motifs is 1. The van der Waals surface area contributed by atoms with E-state index >= 15 is 0 Å². The molecule has 1 saturated carbocycles. The number of carboxylic acid groups (broad SMARTS) is 1. The third kappa shape index (κ3) is 1.95. The average Bonchev–Trinajstić information content (AvgIpc) is 2.87. The van der Waals surface area contributed by atoms with Crippen LogP contribution in [0.1, 0.15) is 29.8 Å². The summed E-state index contributed by atoms with van der Waals surface area (Å²) >= 11 is 0. The molecule has 1 aliphatic heterocycles. The topological polar surface area (TPSA) is 62.7 Å². The lowest BCUT2D eigenvalue weighted by atomic mass is 10.1. The maximum atomic E-state index is 11.0. The first-order valence-electron chi connectivity index (χ1n) is 6.34. The molecule has 2 aliphatic rings. The van der Waals surface area contributed by atoms with Gasteiger partial charge >= 0.3 is 5.97 Å². The Labute approximate surface area is 105 Å². The van der Waals surface area contributed by atoms with E-state index in [0.29, 0.717) is 12.6 Å². The minimum Gasteiger partial charge on any atom is -0.477 e. The van der Waals surface area contributed by atoms with E-state index in [2.05, 4.69) is 9.88 Å². The molecule has 3 rings (SSSR count). The Kier molecular flexibility index (Phi) is 2.91. The van der Waals surface area contributed by atoms with Crippen LogP contribution in [-0.2, 0) is 4.74 Å². The van der Waals surface area contributed by atoms with Gasteiger partial charge in [0.15, 0.2) is 5.69 Å². The van der Waals surface area contributed by atoms with Gasteiger partial charge in [-0.25, -0.2) is 9.78 Å². The Hall–Kier alpha value is -1.62. The smallest absolute Gasteiger partial charge is 0.354 e. The number of hydrogen-bond acceptors (Lipinski definition) is 4. The van der Waals surface area contributed by atoms with Gasteiger partial charge in [0.1, 0.15) is 5.82 Å². The zero-order valence-electron chi connectivity index (χ0n) is 10.1. The number of pyridine rings is 1. The quantitative estimate of drug-likeness (QED) is 0.860. The molecular formula is C13H16N2O3. The zero-order valence-corrected chi connectivity index (χ0v) is 10.1. The summed E-state index contributed by atoms with van der Waals surface area (Å²) in [4.78, 5) is 17.4. The molecule has 18 heavy (non-hydrogen) atoms. The SMILES string of the molecule is O=C(O)c1cccc(N2CCOC3CCCC32)n1. The first-order valence-corrected chi connectivity index (χ1v) is 6.34. The Morgan fingerprint density at radius 1 is 1.44 bits per heavy atom. The number of aromatic nitrogens is 1. The lowest BCUT2D eigenvalue weighted by Crippen LogP contribution is -2.49. The summed E-state index contributed by atoms with van der Waals surface area (Å²) in [5.74, 6) is -0.219. The van der Waals surface area contributed by atoms with E-state index in [0.717, 1.165) is 25.2 Å². The molecule has 1 saturated heterocycles. The minimum absolute atomic E-state index is 0.105. The van der Waals surface area contributed by atoms with Crippen molar-refractivity contribution in [3.8, 4) is 0 Å². The van der Waals surface area contributed by atoms with Crippen molar-refractivity contribution in [3.05, 3.63) is 23.9 Å². The number of ether oxygens (including phenoxy) is 1. The van der Waals surface area contributed by atoms with Gasteiger partial charge in [-0.05, 0) is 31.4 Å². The third-order valence-corrected chi connectivity index (χ3v) is 3.73. The van der Waals surface area contributed by atoms with E-state index in [1.807, 2.05) is 6.07 Å². The maximum Gasteiger partial charge on any atom is 0.354 e. The van der Waals surface area contributed by atoms with Gasteiger partial charge in [0.2, 0.25) is 0 Å². The summed E-state index contributed by atoms with van der Waals surface area (Å²) in [7, 11) is 0. The van der Waals surface area contributed by atoms with Crippen molar-refractivity contribution >= 4 is 11.8 Å². The Morgan fingerprint density at radius 3 is 3.17 bits per heavy atom. The molecule has 5 heteroatoms. The molecule has 1 N–H and O–H groups in total. The number of morpholine rings is 1. The van der Waals surface area contributed by atoms with Crippen molar-refractivity contribution in [2.45, 2.75) is 31.4 Å². The molecule has 96 valence electrons. The normalized spacial score (nSPS) is 27.0. The van der Waals surface area contributed by atoms with Crippen molar-refractivity contribution in [1.82, 2.24) is 4.98 Å². The molecule has 5 nitrogen and oxygen atoms in total. The first-order chi connectivity index (χ1) is 8.75. The molecule has 0 aromatic carbocycles. The van der Waals surface area contributed by atoms with Crippen LogP contribution < -0.4 is 4.90 Å². The van der Waals surface area contributed by atoms with E-state index in [4.69, 9.17) is 9.84 Å². The number of carboxylic acids is 1. The van der Waals surface area contributed by atoms with E-state index in [9.17, 15) is 4.79 Å². The van der Waals surface area contributed by atoms with Crippen LogP contribution in [0.5, 0.6) is 0 Å². The summed E-state index contributed by atoms with van der Waals surface area (Å²) in [5.41, 5.74) is 0.105. The van der Waals surface area contributed by atoms with Crippen molar-refractivity contribution in [1.29, 1.82) is 0 Å². The predicted octanol–water partition coefficient (Wildman–Crippen LogP) is 1.54. The van der Waals surface area contributed by atoms with E-state index < -0.39 is 5.97 Å². The highest BCUT2D eigenvalue weighted by Crippen LogP contribution is 2.32. The van der Waals surface area contributed by atoms with Crippen molar-refractivity contribution in [3.63, 3.8) is 0 Å². The molecule has 2 heterocycles. The summed E-state index contributed by atoms with van der Waals surface area (Å²) in [6.07, 6.45) is 3.66. The van der Waals surface area contributed by atoms with Crippen molar-refractivity contribution in [2.75, 3.05) is 18.1 Å². The van der Waals surface area contributed by atoms with Crippen molar-refractivity contribution < 1.29 is 14.6 Å². The van der Waals surface area contributed by atoms with Gasteiger partial charge < -0.3 is 14.7 Å². The minimum atomic E-state index is -0.979. The molecule has 0 radical (unpaired) electrons. The van der Waals surface area contributed by atoms with Gasteiger partial charge in [0, 0.05) is 6.54 Å². The molecule has 2 atom stereocenters. The third-order valence-electron chi connectivity index (χ3n) is 3.73. The number of carbonyl (C=O) groups is 1. The summed E-state index contributed by atoms with van der Waals surface area (Å²) in [6, 6.07) is 5.52. The van der Waals surface area contributed by atoms with Gasteiger partial charge in [-0.3, -0.25) is 0 Å². The Bertz CT molecular complexity index is 463. The fourth-order valence-electron chi connectivity index (χ4n) is 2.91.